The number of carbonyl (C=O) groups is 1. The Hall–Kier alpha value is -2.43. The molecular formula is C15H13F2NO2. The smallest absolute Gasteiger partial charge is 0.337 e. The van der Waals surface area contributed by atoms with Gasteiger partial charge in [-0.3, -0.25) is 0 Å². The third-order valence-corrected chi connectivity index (χ3v) is 2.87. The van der Waals surface area contributed by atoms with Crippen molar-refractivity contribution in [1.82, 2.24) is 0 Å². The molecule has 0 amide bonds. The molecule has 0 bridgehead atoms. The molecule has 0 aliphatic carbocycles. The van der Waals surface area contributed by atoms with Crippen LogP contribution in [0.3, 0.4) is 0 Å². The summed E-state index contributed by atoms with van der Waals surface area (Å²) >= 11 is 0. The van der Waals surface area contributed by atoms with E-state index in [4.69, 9.17) is 5.73 Å². The Morgan fingerprint density at radius 3 is 2.30 bits per heavy atom. The molecule has 2 aromatic rings. The Kier molecular flexibility index (Phi) is 3.98. The van der Waals surface area contributed by atoms with Gasteiger partial charge in [0.1, 0.15) is 0 Å². The fourth-order valence-electron chi connectivity index (χ4n) is 1.89. The maximum Gasteiger partial charge on any atom is 0.337 e. The van der Waals surface area contributed by atoms with Gasteiger partial charge >= 0.3 is 5.97 Å². The lowest BCUT2D eigenvalue weighted by atomic mass is 10.0. The molecule has 0 spiro atoms. The molecule has 2 aromatic carbocycles. The quantitative estimate of drug-likeness (QED) is 0.688. The summed E-state index contributed by atoms with van der Waals surface area (Å²) in [4.78, 5) is 11.3. The van der Waals surface area contributed by atoms with Crippen molar-refractivity contribution in [2.24, 2.45) is 0 Å². The molecule has 0 heterocycles. The molecule has 0 fully saturated rings. The van der Waals surface area contributed by atoms with E-state index in [0.717, 1.165) is 0 Å². The van der Waals surface area contributed by atoms with Gasteiger partial charge in [-0.1, -0.05) is 12.1 Å². The number of halogens is 2. The SMILES string of the molecule is COC(=O)c1ccc(-c2cc(N)cc(C(F)F)c2)cc1. The lowest BCUT2D eigenvalue weighted by Crippen LogP contribution is -2.00. The van der Waals surface area contributed by atoms with Gasteiger partial charge in [-0.2, -0.15) is 0 Å². The number of ether oxygens (including phenoxy) is 1. The predicted octanol–water partition coefficient (Wildman–Crippen LogP) is 3.66. The van der Waals surface area contributed by atoms with Gasteiger partial charge in [-0.05, 0) is 41.5 Å². The molecule has 0 saturated heterocycles. The first kappa shape index (κ1) is 14.0. The first-order valence-electron chi connectivity index (χ1n) is 5.88. The summed E-state index contributed by atoms with van der Waals surface area (Å²) in [5.74, 6) is -0.447. The van der Waals surface area contributed by atoms with E-state index in [1.165, 1.54) is 19.2 Å². The number of nitrogen functional groups attached to an aromatic ring is 1. The molecule has 3 nitrogen and oxygen atoms in total. The summed E-state index contributed by atoms with van der Waals surface area (Å²) in [6.45, 7) is 0. The lowest BCUT2D eigenvalue weighted by Gasteiger charge is -2.08. The van der Waals surface area contributed by atoms with Crippen LogP contribution in [0.1, 0.15) is 22.3 Å². The molecule has 2 rings (SSSR count). The van der Waals surface area contributed by atoms with E-state index in [-0.39, 0.29) is 11.3 Å². The van der Waals surface area contributed by atoms with E-state index in [1.807, 2.05) is 0 Å². The van der Waals surface area contributed by atoms with E-state index in [2.05, 4.69) is 4.74 Å². The number of hydrogen-bond acceptors (Lipinski definition) is 3. The molecule has 0 aromatic heterocycles. The molecule has 0 aliphatic heterocycles. The molecule has 20 heavy (non-hydrogen) atoms. The average Bonchev–Trinajstić information content (AvgIpc) is 2.46. The van der Waals surface area contributed by atoms with Crippen LogP contribution in [0.2, 0.25) is 0 Å². The average molecular weight is 277 g/mol. The van der Waals surface area contributed by atoms with Crippen LogP contribution in [0.25, 0.3) is 11.1 Å². The third-order valence-electron chi connectivity index (χ3n) is 2.87. The number of esters is 1. The Morgan fingerprint density at radius 1 is 1.10 bits per heavy atom. The summed E-state index contributed by atoms with van der Waals surface area (Å²) in [5, 5.41) is 0. The van der Waals surface area contributed by atoms with E-state index in [1.54, 1.807) is 30.3 Å². The Bertz CT molecular complexity index is 624. The number of benzene rings is 2. The van der Waals surface area contributed by atoms with Crippen LogP contribution < -0.4 is 5.73 Å². The van der Waals surface area contributed by atoms with Crippen molar-refractivity contribution in [3.63, 3.8) is 0 Å². The zero-order chi connectivity index (χ0) is 14.7. The van der Waals surface area contributed by atoms with Crippen LogP contribution in [-0.2, 0) is 4.74 Å². The minimum atomic E-state index is -2.58. The highest BCUT2D eigenvalue weighted by Crippen LogP contribution is 2.28. The van der Waals surface area contributed by atoms with Crippen LogP contribution in [0, 0.1) is 0 Å². The number of carbonyl (C=O) groups excluding carboxylic acids is 1. The van der Waals surface area contributed by atoms with Crippen LogP contribution in [0.4, 0.5) is 14.5 Å². The predicted molar refractivity (Wildman–Crippen MR) is 72.6 cm³/mol. The van der Waals surface area contributed by atoms with Gasteiger partial charge < -0.3 is 10.5 Å². The number of methoxy groups -OCH3 is 1. The molecule has 0 unspecified atom stereocenters. The van der Waals surface area contributed by atoms with Gasteiger partial charge in [0, 0.05) is 11.3 Å². The monoisotopic (exact) mass is 277 g/mol. The fraction of sp³-hybridized carbons (Fsp3) is 0.133. The first-order valence-corrected chi connectivity index (χ1v) is 5.88. The second kappa shape index (κ2) is 5.69. The topological polar surface area (TPSA) is 52.3 Å². The molecule has 0 atom stereocenters. The van der Waals surface area contributed by atoms with E-state index < -0.39 is 12.4 Å². The Morgan fingerprint density at radius 2 is 1.75 bits per heavy atom. The van der Waals surface area contributed by atoms with Crippen molar-refractivity contribution in [1.29, 1.82) is 0 Å². The fourth-order valence-corrected chi connectivity index (χ4v) is 1.89. The highest BCUT2D eigenvalue weighted by molar-refractivity contribution is 5.90. The lowest BCUT2D eigenvalue weighted by molar-refractivity contribution is 0.0600. The highest BCUT2D eigenvalue weighted by Gasteiger charge is 2.11. The second-order valence-corrected chi connectivity index (χ2v) is 4.26. The molecule has 0 saturated carbocycles. The van der Waals surface area contributed by atoms with Gasteiger partial charge in [0.2, 0.25) is 0 Å². The van der Waals surface area contributed by atoms with Crippen LogP contribution >= 0.6 is 0 Å². The zero-order valence-electron chi connectivity index (χ0n) is 10.8. The van der Waals surface area contributed by atoms with Crippen LogP contribution in [0.5, 0.6) is 0 Å². The molecular weight excluding hydrogens is 264 g/mol. The third kappa shape index (κ3) is 2.93. The molecule has 5 heteroatoms. The van der Waals surface area contributed by atoms with Gasteiger partial charge in [0.15, 0.2) is 0 Å². The van der Waals surface area contributed by atoms with Crippen molar-refractivity contribution in [3.05, 3.63) is 53.6 Å². The van der Waals surface area contributed by atoms with E-state index >= 15 is 0 Å². The number of nitrogens with two attached hydrogens (primary N) is 1. The number of rotatable bonds is 3. The summed E-state index contributed by atoms with van der Waals surface area (Å²) in [6.07, 6.45) is -2.58. The van der Waals surface area contributed by atoms with Crippen molar-refractivity contribution < 1.29 is 18.3 Å². The van der Waals surface area contributed by atoms with Crippen LogP contribution in [-0.4, -0.2) is 13.1 Å². The number of alkyl halides is 2. The summed E-state index contributed by atoms with van der Waals surface area (Å²) < 4.78 is 30.1. The second-order valence-electron chi connectivity index (χ2n) is 4.26. The Labute approximate surface area is 115 Å². The summed E-state index contributed by atoms with van der Waals surface area (Å²) in [7, 11) is 1.29. The standard InChI is InChI=1S/C15H13F2NO2/c1-20-15(19)10-4-2-9(3-5-10)11-6-12(14(16)17)8-13(18)7-11/h2-8,14H,18H2,1H3. The zero-order valence-corrected chi connectivity index (χ0v) is 10.8. The number of hydrogen-bond donors (Lipinski definition) is 1. The maximum atomic E-state index is 12.7. The van der Waals surface area contributed by atoms with E-state index in [9.17, 15) is 13.6 Å². The van der Waals surface area contributed by atoms with Crippen molar-refractivity contribution in [3.8, 4) is 11.1 Å². The Balaban J connectivity index is 2.39. The van der Waals surface area contributed by atoms with Gasteiger partial charge in [-0.25, -0.2) is 13.6 Å². The highest BCUT2D eigenvalue weighted by atomic mass is 19.3. The first-order chi connectivity index (χ1) is 9.51. The molecule has 104 valence electrons. The summed E-state index contributed by atoms with van der Waals surface area (Å²) in [5.41, 5.74) is 7.45. The van der Waals surface area contributed by atoms with Crippen LogP contribution in [0.15, 0.2) is 42.5 Å². The largest absolute Gasteiger partial charge is 0.465 e. The number of anilines is 1. The van der Waals surface area contributed by atoms with Gasteiger partial charge in [0.05, 0.1) is 12.7 Å². The van der Waals surface area contributed by atoms with Gasteiger partial charge in [-0.15, -0.1) is 0 Å². The minimum absolute atomic E-state index is 0.128. The van der Waals surface area contributed by atoms with E-state index in [0.29, 0.717) is 16.7 Å². The normalized spacial score (nSPS) is 10.6. The van der Waals surface area contributed by atoms with Crippen molar-refractivity contribution >= 4 is 11.7 Å². The van der Waals surface area contributed by atoms with Crippen molar-refractivity contribution in [2.45, 2.75) is 6.43 Å². The molecule has 0 aliphatic rings. The van der Waals surface area contributed by atoms with Crippen molar-refractivity contribution in [2.75, 3.05) is 12.8 Å². The maximum absolute atomic E-state index is 12.7. The molecule has 2 N–H and O–H groups in total. The van der Waals surface area contributed by atoms with Gasteiger partial charge in [0.25, 0.3) is 6.43 Å². The molecule has 0 radical (unpaired) electrons. The minimum Gasteiger partial charge on any atom is -0.465 e. The summed E-state index contributed by atoms with van der Waals surface area (Å²) in [6, 6.07) is 10.7.